The standard InChI is InChI=1S/C14H22N2O3S/c1-4-18-13(17)12(16-11-5-6-11)7-8-20-14-15-9(2)10(3)19-14/h11-12,16H,4-8H2,1-3H3. The van der Waals surface area contributed by atoms with E-state index in [9.17, 15) is 4.79 Å². The molecule has 5 nitrogen and oxygen atoms in total. The number of nitrogens with one attached hydrogen (secondary N) is 1. The van der Waals surface area contributed by atoms with Gasteiger partial charge in [-0.2, -0.15) is 0 Å². The number of carbonyl (C=O) groups is 1. The first kappa shape index (κ1) is 15.4. The van der Waals surface area contributed by atoms with E-state index in [4.69, 9.17) is 9.15 Å². The summed E-state index contributed by atoms with van der Waals surface area (Å²) in [4.78, 5) is 16.2. The summed E-state index contributed by atoms with van der Waals surface area (Å²) in [5.74, 6) is 1.48. The lowest BCUT2D eigenvalue weighted by atomic mass is 10.2. The Labute approximate surface area is 123 Å². The van der Waals surface area contributed by atoms with Crippen molar-refractivity contribution in [1.29, 1.82) is 0 Å². The number of aromatic nitrogens is 1. The van der Waals surface area contributed by atoms with E-state index in [-0.39, 0.29) is 12.0 Å². The van der Waals surface area contributed by atoms with Crippen LogP contribution in [0.25, 0.3) is 0 Å². The third kappa shape index (κ3) is 4.52. The second-order valence-corrected chi connectivity index (χ2v) is 6.05. The van der Waals surface area contributed by atoms with Crippen molar-refractivity contribution in [3.05, 3.63) is 11.5 Å². The monoisotopic (exact) mass is 298 g/mol. The molecule has 1 aliphatic carbocycles. The van der Waals surface area contributed by atoms with E-state index in [0.717, 1.165) is 36.5 Å². The Kier molecular flexibility index (Phi) is 5.48. The predicted octanol–water partition coefficient (Wildman–Crippen LogP) is 2.46. The van der Waals surface area contributed by atoms with Crippen molar-refractivity contribution in [2.24, 2.45) is 0 Å². The minimum atomic E-state index is -0.216. The Morgan fingerprint density at radius 2 is 2.30 bits per heavy atom. The van der Waals surface area contributed by atoms with Crippen LogP contribution in [-0.2, 0) is 9.53 Å². The zero-order chi connectivity index (χ0) is 14.5. The van der Waals surface area contributed by atoms with Crippen molar-refractivity contribution in [1.82, 2.24) is 10.3 Å². The number of nitrogens with zero attached hydrogens (tertiary/aromatic N) is 1. The molecule has 0 amide bonds. The first-order valence-electron chi connectivity index (χ1n) is 7.09. The Hall–Kier alpha value is -1.01. The molecule has 6 heteroatoms. The maximum absolute atomic E-state index is 11.9. The fourth-order valence-electron chi connectivity index (χ4n) is 1.82. The zero-order valence-electron chi connectivity index (χ0n) is 12.3. The molecule has 1 saturated carbocycles. The molecule has 1 fully saturated rings. The first-order valence-corrected chi connectivity index (χ1v) is 8.08. The lowest BCUT2D eigenvalue weighted by Gasteiger charge is -2.16. The maximum atomic E-state index is 11.9. The van der Waals surface area contributed by atoms with Crippen LogP contribution in [0.5, 0.6) is 0 Å². The molecule has 1 heterocycles. The summed E-state index contributed by atoms with van der Waals surface area (Å²) in [7, 11) is 0. The van der Waals surface area contributed by atoms with Crippen LogP contribution in [-0.4, -0.2) is 35.4 Å². The van der Waals surface area contributed by atoms with Gasteiger partial charge < -0.3 is 14.5 Å². The number of hydrogen-bond donors (Lipinski definition) is 1. The predicted molar refractivity (Wildman–Crippen MR) is 77.9 cm³/mol. The molecule has 0 spiro atoms. The first-order chi connectivity index (χ1) is 9.60. The largest absolute Gasteiger partial charge is 0.465 e. The third-order valence-corrected chi connectivity index (χ3v) is 4.09. The van der Waals surface area contributed by atoms with E-state index in [1.54, 1.807) is 11.8 Å². The molecule has 20 heavy (non-hydrogen) atoms. The van der Waals surface area contributed by atoms with Gasteiger partial charge in [0.2, 0.25) is 0 Å². The van der Waals surface area contributed by atoms with Gasteiger partial charge in [-0.3, -0.25) is 4.79 Å². The molecule has 1 N–H and O–H groups in total. The SMILES string of the molecule is CCOC(=O)C(CCSc1nc(C)c(C)o1)NC1CC1. The zero-order valence-corrected chi connectivity index (χ0v) is 13.1. The van der Waals surface area contributed by atoms with E-state index in [1.165, 1.54) is 0 Å². The quantitative estimate of drug-likeness (QED) is 0.587. The summed E-state index contributed by atoms with van der Waals surface area (Å²) in [6.07, 6.45) is 3.03. The summed E-state index contributed by atoms with van der Waals surface area (Å²) in [5.41, 5.74) is 0.922. The van der Waals surface area contributed by atoms with Crippen LogP contribution in [0.2, 0.25) is 0 Å². The van der Waals surface area contributed by atoms with Crippen molar-refractivity contribution >= 4 is 17.7 Å². The van der Waals surface area contributed by atoms with Gasteiger partial charge in [0.05, 0.1) is 12.3 Å². The summed E-state index contributed by atoms with van der Waals surface area (Å²) >= 11 is 1.54. The molecule has 0 bridgehead atoms. The fraction of sp³-hybridized carbons (Fsp3) is 0.714. The van der Waals surface area contributed by atoms with E-state index < -0.39 is 0 Å². The van der Waals surface area contributed by atoms with E-state index >= 15 is 0 Å². The topological polar surface area (TPSA) is 64.4 Å². The molecule has 1 aromatic rings. The molecule has 1 atom stereocenters. The molecule has 0 aromatic carbocycles. The van der Waals surface area contributed by atoms with Crippen LogP contribution in [0, 0.1) is 13.8 Å². The third-order valence-electron chi connectivity index (χ3n) is 3.23. The van der Waals surface area contributed by atoms with Gasteiger partial charge in [0.15, 0.2) is 0 Å². The van der Waals surface area contributed by atoms with E-state index in [2.05, 4.69) is 10.3 Å². The number of esters is 1. The summed E-state index contributed by atoms with van der Waals surface area (Å²) in [5, 5.41) is 4.01. The Balaban J connectivity index is 1.79. The van der Waals surface area contributed by atoms with E-state index in [1.807, 2.05) is 20.8 Å². The number of carbonyl (C=O) groups excluding carboxylic acids is 1. The highest BCUT2D eigenvalue weighted by atomic mass is 32.2. The van der Waals surface area contributed by atoms with Crippen molar-refractivity contribution in [3.63, 3.8) is 0 Å². The number of thioether (sulfide) groups is 1. The second kappa shape index (κ2) is 7.13. The van der Waals surface area contributed by atoms with Gasteiger partial charge in [0.1, 0.15) is 11.8 Å². The Morgan fingerprint density at radius 3 is 2.85 bits per heavy atom. The highest BCUT2D eigenvalue weighted by Gasteiger charge is 2.29. The van der Waals surface area contributed by atoms with Crippen LogP contribution in [0.15, 0.2) is 9.64 Å². The van der Waals surface area contributed by atoms with E-state index in [0.29, 0.717) is 17.9 Å². The lowest BCUT2D eigenvalue weighted by molar-refractivity contribution is -0.145. The van der Waals surface area contributed by atoms with Crippen molar-refractivity contribution < 1.29 is 13.9 Å². The summed E-state index contributed by atoms with van der Waals surface area (Å²) in [6.45, 7) is 6.09. The number of hydrogen-bond acceptors (Lipinski definition) is 6. The van der Waals surface area contributed by atoms with Gasteiger partial charge in [-0.15, -0.1) is 0 Å². The van der Waals surface area contributed by atoms with Crippen LogP contribution >= 0.6 is 11.8 Å². The highest BCUT2D eigenvalue weighted by Crippen LogP contribution is 2.23. The molecule has 0 aliphatic heterocycles. The molecule has 1 aromatic heterocycles. The van der Waals surface area contributed by atoms with Crippen molar-refractivity contribution in [2.75, 3.05) is 12.4 Å². The van der Waals surface area contributed by atoms with Gasteiger partial charge in [0.25, 0.3) is 5.22 Å². The van der Waals surface area contributed by atoms with Crippen molar-refractivity contribution in [3.8, 4) is 0 Å². The minimum Gasteiger partial charge on any atom is -0.465 e. The molecular formula is C14H22N2O3S. The second-order valence-electron chi connectivity index (χ2n) is 5.00. The van der Waals surface area contributed by atoms with Crippen LogP contribution in [0.3, 0.4) is 0 Å². The molecule has 1 aliphatic rings. The highest BCUT2D eigenvalue weighted by molar-refractivity contribution is 7.99. The summed E-state index contributed by atoms with van der Waals surface area (Å²) < 4.78 is 10.6. The number of aryl methyl sites for hydroxylation is 2. The van der Waals surface area contributed by atoms with Crippen molar-refractivity contribution in [2.45, 2.75) is 57.3 Å². The maximum Gasteiger partial charge on any atom is 0.323 e. The number of oxazole rings is 1. The molecule has 0 saturated heterocycles. The van der Waals surface area contributed by atoms with Crippen LogP contribution < -0.4 is 5.32 Å². The van der Waals surface area contributed by atoms with Crippen LogP contribution in [0.1, 0.15) is 37.6 Å². The number of ether oxygens (including phenoxy) is 1. The minimum absolute atomic E-state index is 0.153. The van der Waals surface area contributed by atoms with Gasteiger partial charge in [-0.25, -0.2) is 4.98 Å². The molecule has 0 radical (unpaired) electrons. The smallest absolute Gasteiger partial charge is 0.323 e. The van der Waals surface area contributed by atoms with Gasteiger partial charge in [-0.05, 0) is 40.0 Å². The Bertz CT molecular complexity index is 438. The Morgan fingerprint density at radius 1 is 1.55 bits per heavy atom. The fourth-order valence-corrected chi connectivity index (χ4v) is 2.73. The van der Waals surface area contributed by atoms with Gasteiger partial charge in [-0.1, -0.05) is 11.8 Å². The normalized spacial score (nSPS) is 16.1. The molecule has 112 valence electrons. The van der Waals surface area contributed by atoms with Gasteiger partial charge in [0, 0.05) is 11.8 Å². The lowest BCUT2D eigenvalue weighted by Crippen LogP contribution is -2.39. The molecule has 2 rings (SSSR count). The summed E-state index contributed by atoms with van der Waals surface area (Å²) in [6, 6.07) is 0.271. The molecular weight excluding hydrogens is 276 g/mol. The average Bonchev–Trinajstić information content (AvgIpc) is 3.15. The number of rotatable bonds is 8. The molecule has 1 unspecified atom stereocenters. The van der Waals surface area contributed by atoms with Gasteiger partial charge >= 0.3 is 5.97 Å². The van der Waals surface area contributed by atoms with Crippen LogP contribution in [0.4, 0.5) is 0 Å². The average molecular weight is 298 g/mol.